The number of piperidine rings is 1. The lowest BCUT2D eigenvalue weighted by Crippen LogP contribution is -2.40. The lowest BCUT2D eigenvalue weighted by Gasteiger charge is -2.31. The van der Waals surface area contributed by atoms with Crippen molar-refractivity contribution < 1.29 is 9.59 Å². The Bertz CT molecular complexity index is 698. The van der Waals surface area contributed by atoms with E-state index in [-0.39, 0.29) is 17.6 Å². The summed E-state index contributed by atoms with van der Waals surface area (Å²) >= 11 is 0. The lowest BCUT2D eigenvalue weighted by molar-refractivity contribution is 0.0650. The third kappa shape index (κ3) is 3.56. The number of Topliss-reactive ketones (excluding diaryl/α,β-unsaturated/α-hetero) is 1. The third-order valence-electron chi connectivity index (χ3n) is 4.82. The van der Waals surface area contributed by atoms with Gasteiger partial charge in [-0.3, -0.25) is 9.59 Å². The molecule has 24 heavy (non-hydrogen) atoms. The SMILES string of the molecule is CCc1ccc(C(=O)N2CCC(C(=O)c3ccccc3)CC2)cc1. The van der Waals surface area contributed by atoms with Crippen molar-refractivity contribution in [3.05, 3.63) is 71.3 Å². The van der Waals surface area contributed by atoms with Crippen LogP contribution in [0.3, 0.4) is 0 Å². The molecule has 0 bridgehead atoms. The van der Waals surface area contributed by atoms with Crippen molar-refractivity contribution in [3.63, 3.8) is 0 Å². The number of likely N-dealkylation sites (tertiary alicyclic amines) is 1. The van der Waals surface area contributed by atoms with E-state index in [0.717, 1.165) is 30.4 Å². The van der Waals surface area contributed by atoms with Gasteiger partial charge in [-0.05, 0) is 37.0 Å². The Hall–Kier alpha value is -2.42. The van der Waals surface area contributed by atoms with E-state index in [1.807, 2.05) is 59.5 Å². The summed E-state index contributed by atoms with van der Waals surface area (Å²) in [5, 5.41) is 0. The van der Waals surface area contributed by atoms with Gasteiger partial charge in [0.2, 0.25) is 0 Å². The zero-order valence-electron chi connectivity index (χ0n) is 14.1. The van der Waals surface area contributed by atoms with E-state index in [1.54, 1.807) is 0 Å². The minimum absolute atomic E-state index is 0.0268. The first kappa shape index (κ1) is 16.4. The number of carbonyl (C=O) groups is 2. The molecule has 0 spiro atoms. The summed E-state index contributed by atoms with van der Waals surface area (Å²) in [6, 6.07) is 17.3. The van der Waals surface area contributed by atoms with Gasteiger partial charge in [0.15, 0.2) is 5.78 Å². The summed E-state index contributed by atoms with van der Waals surface area (Å²) in [6.45, 7) is 3.40. The van der Waals surface area contributed by atoms with Gasteiger partial charge in [0.1, 0.15) is 0 Å². The van der Waals surface area contributed by atoms with Gasteiger partial charge in [-0.1, -0.05) is 49.4 Å². The summed E-state index contributed by atoms with van der Waals surface area (Å²) < 4.78 is 0. The maximum atomic E-state index is 12.6. The highest BCUT2D eigenvalue weighted by atomic mass is 16.2. The van der Waals surface area contributed by atoms with Crippen LogP contribution in [0.2, 0.25) is 0 Å². The van der Waals surface area contributed by atoms with Gasteiger partial charge in [0.25, 0.3) is 5.91 Å². The van der Waals surface area contributed by atoms with Gasteiger partial charge >= 0.3 is 0 Å². The minimum atomic E-state index is 0.0268. The summed E-state index contributed by atoms with van der Waals surface area (Å²) in [4.78, 5) is 27.0. The molecule has 124 valence electrons. The molecule has 1 aliphatic rings. The van der Waals surface area contributed by atoms with Crippen LogP contribution in [0.25, 0.3) is 0 Å². The molecule has 2 aromatic carbocycles. The van der Waals surface area contributed by atoms with E-state index >= 15 is 0 Å². The normalized spacial score (nSPS) is 15.3. The molecule has 1 heterocycles. The molecule has 0 atom stereocenters. The third-order valence-corrected chi connectivity index (χ3v) is 4.82. The first-order valence-electron chi connectivity index (χ1n) is 8.66. The standard InChI is InChI=1S/C21H23NO2/c1-2-16-8-10-19(11-9-16)21(24)22-14-12-18(13-15-22)20(23)17-6-4-3-5-7-17/h3-11,18H,2,12-15H2,1H3. The molecule has 3 nitrogen and oxygen atoms in total. The maximum Gasteiger partial charge on any atom is 0.253 e. The molecule has 2 aromatic rings. The highest BCUT2D eigenvalue weighted by Crippen LogP contribution is 2.23. The number of benzene rings is 2. The molecule has 0 saturated carbocycles. The second-order valence-electron chi connectivity index (χ2n) is 6.35. The fourth-order valence-electron chi connectivity index (χ4n) is 3.25. The maximum absolute atomic E-state index is 12.6. The smallest absolute Gasteiger partial charge is 0.253 e. The van der Waals surface area contributed by atoms with Gasteiger partial charge in [-0.2, -0.15) is 0 Å². The molecule has 1 saturated heterocycles. The average molecular weight is 321 g/mol. The largest absolute Gasteiger partial charge is 0.339 e. The Balaban J connectivity index is 1.60. The number of carbonyl (C=O) groups excluding carboxylic acids is 2. The van der Waals surface area contributed by atoms with Crippen LogP contribution in [0.1, 0.15) is 46.0 Å². The second-order valence-corrected chi connectivity index (χ2v) is 6.35. The summed E-state index contributed by atoms with van der Waals surface area (Å²) in [7, 11) is 0. The fraction of sp³-hybridized carbons (Fsp3) is 0.333. The van der Waals surface area contributed by atoms with Crippen molar-refractivity contribution in [1.82, 2.24) is 4.90 Å². The van der Waals surface area contributed by atoms with Crippen molar-refractivity contribution in [2.24, 2.45) is 5.92 Å². The monoisotopic (exact) mass is 321 g/mol. The molecule has 0 aliphatic carbocycles. The predicted octanol–water partition coefficient (Wildman–Crippen LogP) is 3.98. The number of rotatable bonds is 4. The molecular weight excluding hydrogens is 298 g/mol. The number of aryl methyl sites for hydroxylation is 1. The highest BCUT2D eigenvalue weighted by Gasteiger charge is 2.28. The van der Waals surface area contributed by atoms with E-state index in [0.29, 0.717) is 13.1 Å². The Morgan fingerprint density at radius 3 is 2.12 bits per heavy atom. The van der Waals surface area contributed by atoms with E-state index in [1.165, 1.54) is 5.56 Å². The van der Waals surface area contributed by atoms with Crippen molar-refractivity contribution >= 4 is 11.7 Å². The number of hydrogen-bond acceptors (Lipinski definition) is 2. The molecule has 0 aromatic heterocycles. The Morgan fingerprint density at radius 2 is 1.54 bits per heavy atom. The molecular formula is C21H23NO2. The molecule has 0 N–H and O–H groups in total. The molecule has 0 unspecified atom stereocenters. The molecule has 0 radical (unpaired) electrons. The minimum Gasteiger partial charge on any atom is -0.339 e. The molecule has 1 fully saturated rings. The summed E-state index contributed by atoms with van der Waals surface area (Å²) in [5.41, 5.74) is 2.75. The van der Waals surface area contributed by atoms with Crippen LogP contribution in [0, 0.1) is 5.92 Å². The van der Waals surface area contributed by atoms with Crippen LogP contribution >= 0.6 is 0 Å². The molecule has 1 aliphatic heterocycles. The molecule has 3 rings (SSSR count). The average Bonchev–Trinajstić information content (AvgIpc) is 2.68. The molecule has 3 heteroatoms. The highest BCUT2D eigenvalue weighted by molar-refractivity contribution is 5.98. The van der Waals surface area contributed by atoms with Gasteiger partial charge in [0, 0.05) is 30.1 Å². The van der Waals surface area contributed by atoms with Crippen LogP contribution in [0.15, 0.2) is 54.6 Å². The quantitative estimate of drug-likeness (QED) is 0.799. The lowest BCUT2D eigenvalue weighted by atomic mass is 9.88. The second kappa shape index (κ2) is 7.43. The van der Waals surface area contributed by atoms with E-state index < -0.39 is 0 Å². The van der Waals surface area contributed by atoms with Crippen molar-refractivity contribution in [2.75, 3.05) is 13.1 Å². The molecule has 1 amide bonds. The first-order chi connectivity index (χ1) is 11.7. The Kier molecular flexibility index (Phi) is 5.09. The van der Waals surface area contributed by atoms with E-state index in [2.05, 4.69) is 6.92 Å². The number of nitrogens with zero attached hydrogens (tertiary/aromatic N) is 1. The van der Waals surface area contributed by atoms with Gasteiger partial charge < -0.3 is 4.90 Å². The zero-order chi connectivity index (χ0) is 16.9. The predicted molar refractivity (Wildman–Crippen MR) is 95.2 cm³/mol. The van der Waals surface area contributed by atoms with Crippen LogP contribution in [-0.4, -0.2) is 29.7 Å². The first-order valence-corrected chi connectivity index (χ1v) is 8.66. The van der Waals surface area contributed by atoms with Crippen LogP contribution in [0.5, 0.6) is 0 Å². The number of amides is 1. The summed E-state index contributed by atoms with van der Waals surface area (Å²) in [6.07, 6.45) is 2.46. The van der Waals surface area contributed by atoms with E-state index in [4.69, 9.17) is 0 Å². The number of ketones is 1. The van der Waals surface area contributed by atoms with Crippen molar-refractivity contribution in [1.29, 1.82) is 0 Å². The zero-order valence-corrected chi connectivity index (χ0v) is 14.1. The van der Waals surface area contributed by atoms with Gasteiger partial charge in [-0.25, -0.2) is 0 Å². The van der Waals surface area contributed by atoms with Gasteiger partial charge in [-0.15, -0.1) is 0 Å². The van der Waals surface area contributed by atoms with Crippen molar-refractivity contribution in [2.45, 2.75) is 26.2 Å². The summed E-state index contributed by atoms with van der Waals surface area (Å²) in [5.74, 6) is 0.303. The van der Waals surface area contributed by atoms with Crippen LogP contribution in [-0.2, 0) is 6.42 Å². The topological polar surface area (TPSA) is 37.4 Å². The van der Waals surface area contributed by atoms with Gasteiger partial charge in [0.05, 0.1) is 0 Å². The Morgan fingerprint density at radius 1 is 0.917 bits per heavy atom. The van der Waals surface area contributed by atoms with Crippen LogP contribution < -0.4 is 0 Å². The van der Waals surface area contributed by atoms with Crippen molar-refractivity contribution in [3.8, 4) is 0 Å². The number of hydrogen-bond donors (Lipinski definition) is 0. The fourth-order valence-corrected chi connectivity index (χ4v) is 3.25. The van der Waals surface area contributed by atoms with E-state index in [9.17, 15) is 9.59 Å². The Labute approximate surface area is 143 Å². The van der Waals surface area contributed by atoms with Crippen LogP contribution in [0.4, 0.5) is 0 Å².